The topological polar surface area (TPSA) is 80.4 Å². The first-order valence-electron chi connectivity index (χ1n) is 7.74. The zero-order chi connectivity index (χ0) is 17.5. The van der Waals surface area contributed by atoms with E-state index in [1.807, 2.05) is 31.2 Å². The van der Waals surface area contributed by atoms with Crippen molar-refractivity contribution in [2.75, 3.05) is 13.2 Å². The maximum atomic E-state index is 13.1. The fourth-order valence-corrected chi connectivity index (χ4v) is 6.21. The van der Waals surface area contributed by atoms with E-state index >= 15 is 0 Å². The Balaban J connectivity index is 2.04. The molecular weight excluding hydrogens is 390 g/mol. The standard InChI is InChI=1S/C18H20BrNO3S/c1-12-2-8-15(9-3-12)24(22,23)17-16(18(17,10-20)11-21)13-4-6-14(19)7-5-13/h2-9,16-17,21H,10-11,20H2,1H3/t16-,17+,18-/m0/s1. The largest absolute Gasteiger partial charge is 0.396 e. The number of benzene rings is 2. The van der Waals surface area contributed by atoms with E-state index in [9.17, 15) is 13.5 Å². The van der Waals surface area contributed by atoms with Gasteiger partial charge in [0.25, 0.3) is 0 Å². The minimum absolute atomic E-state index is 0.125. The van der Waals surface area contributed by atoms with Gasteiger partial charge in [0.2, 0.25) is 0 Å². The summed E-state index contributed by atoms with van der Waals surface area (Å²) in [6, 6.07) is 14.4. The van der Waals surface area contributed by atoms with Gasteiger partial charge in [0.05, 0.1) is 16.8 Å². The van der Waals surface area contributed by atoms with Gasteiger partial charge in [-0.25, -0.2) is 8.42 Å². The highest BCUT2D eigenvalue weighted by atomic mass is 79.9. The first-order valence-corrected chi connectivity index (χ1v) is 10.1. The van der Waals surface area contributed by atoms with Gasteiger partial charge >= 0.3 is 0 Å². The maximum absolute atomic E-state index is 13.1. The lowest BCUT2D eigenvalue weighted by Crippen LogP contribution is -2.27. The van der Waals surface area contributed by atoms with Gasteiger partial charge in [-0.3, -0.25) is 0 Å². The van der Waals surface area contributed by atoms with Crippen molar-refractivity contribution in [2.45, 2.75) is 23.0 Å². The number of hydrogen-bond donors (Lipinski definition) is 2. The first-order chi connectivity index (χ1) is 11.4. The summed E-state index contributed by atoms with van der Waals surface area (Å²) in [5, 5.41) is 9.21. The summed E-state index contributed by atoms with van der Waals surface area (Å²) in [6.07, 6.45) is 0. The van der Waals surface area contributed by atoms with Crippen molar-refractivity contribution in [1.82, 2.24) is 0 Å². The molecule has 0 spiro atoms. The normalized spacial score (nSPS) is 26.3. The average molecular weight is 410 g/mol. The summed E-state index contributed by atoms with van der Waals surface area (Å²) in [4.78, 5) is 0.281. The Labute approximate surface area is 150 Å². The van der Waals surface area contributed by atoms with E-state index < -0.39 is 20.5 Å². The molecule has 1 fully saturated rings. The van der Waals surface area contributed by atoms with E-state index in [0.717, 1.165) is 15.6 Å². The Kier molecular flexibility index (Phi) is 4.59. The molecule has 1 aliphatic carbocycles. The lowest BCUT2D eigenvalue weighted by molar-refractivity contribution is 0.212. The van der Waals surface area contributed by atoms with Crippen LogP contribution < -0.4 is 5.73 Å². The molecule has 1 aliphatic rings. The van der Waals surface area contributed by atoms with Crippen LogP contribution >= 0.6 is 15.9 Å². The molecule has 128 valence electrons. The minimum atomic E-state index is -3.57. The van der Waals surface area contributed by atoms with Gasteiger partial charge in [0.15, 0.2) is 9.84 Å². The molecule has 1 saturated carbocycles. The molecule has 4 nitrogen and oxygen atoms in total. The monoisotopic (exact) mass is 409 g/mol. The third-order valence-electron chi connectivity index (χ3n) is 4.97. The van der Waals surface area contributed by atoms with Crippen LogP contribution in [0.5, 0.6) is 0 Å². The summed E-state index contributed by atoms with van der Waals surface area (Å²) in [5.41, 5.74) is 6.96. The third kappa shape index (κ3) is 2.71. The van der Waals surface area contributed by atoms with Crippen LogP contribution in [0.25, 0.3) is 0 Å². The molecule has 0 bridgehead atoms. The molecule has 3 rings (SSSR count). The van der Waals surface area contributed by atoms with E-state index in [1.54, 1.807) is 24.3 Å². The van der Waals surface area contributed by atoms with Crippen LogP contribution in [-0.2, 0) is 9.84 Å². The molecule has 0 unspecified atom stereocenters. The predicted octanol–water partition coefficient (Wildman–Crippen LogP) is 2.63. The van der Waals surface area contributed by atoms with Crippen LogP contribution in [0.4, 0.5) is 0 Å². The molecule has 3 atom stereocenters. The van der Waals surface area contributed by atoms with Crippen LogP contribution in [0.2, 0.25) is 0 Å². The summed E-state index contributed by atoms with van der Waals surface area (Å²) in [5.74, 6) is -0.299. The molecular formula is C18H20BrNO3S. The summed E-state index contributed by atoms with van der Waals surface area (Å²) < 4.78 is 27.2. The Bertz CT molecular complexity index is 828. The van der Waals surface area contributed by atoms with Gasteiger partial charge in [-0.05, 0) is 36.8 Å². The van der Waals surface area contributed by atoms with E-state index in [2.05, 4.69) is 15.9 Å². The number of nitrogens with two attached hydrogens (primary N) is 1. The molecule has 0 aromatic heterocycles. The molecule has 0 amide bonds. The van der Waals surface area contributed by atoms with Gasteiger partial charge < -0.3 is 10.8 Å². The number of hydrogen-bond acceptors (Lipinski definition) is 4. The second-order valence-electron chi connectivity index (χ2n) is 6.40. The van der Waals surface area contributed by atoms with Crippen molar-refractivity contribution < 1.29 is 13.5 Å². The highest BCUT2D eigenvalue weighted by Gasteiger charge is 2.70. The van der Waals surface area contributed by atoms with E-state index in [0.29, 0.717) is 0 Å². The molecule has 0 aliphatic heterocycles. The summed E-state index contributed by atoms with van der Waals surface area (Å²) in [6.45, 7) is 1.79. The second-order valence-corrected chi connectivity index (χ2v) is 9.39. The van der Waals surface area contributed by atoms with Crippen molar-refractivity contribution in [3.05, 3.63) is 64.1 Å². The minimum Gasteiger partial charge on any atom is -0.396 e. The molecule has 2 aromatic rings. The number of aliphatic hydroxyl groups is 1. The molecule has 6 heteroatoms. The fraction of sp³-hybridized carbons (Fsp3) is 0.333. The zero-order valence-corrected chi connectivity index (χ0v) is 15.7. The molecule has 0 saturated heterocycles. The number of aliphatic hydroxyl groups excluding tert-OH is 1. The Morgan fingerprint density at radius 2 is 1.71 bits per heavy atom. The summed E-state index contributed by atoms with van der Waals surface area (Å²) in [7, 11) is -3.57. The lowest BCUT2D eigenvalue weighted by atomic mass is 10.0. The molecule has 0 heterocycles. The number of sulfone groups is 1. The predicted molar refractivity (Wildman–Crippen MR) is 97.6 cm³/mol. The Hall–Kier alpha value is -1.21. The number of halogens is 1. The van der Waals surface area contributed by atoms with Crippen molar-refractivity contribution in [1.29, 1.82) is 0 Å². The quantitative estimate of drug-likeness (QED) is 0.794. The lowest BCUT2D eigenvalue weighted by Gasteiger charge is -2.12. The second kappa shape index (κ2) is 6.26. The van der Waals surface area contributed by atoms with Crippen molar-refractivity contribution >= 4 is 25.8 Å². The molecule has 3 N–H and O–H groups in total. The number of rotatable bonds is 5. The van der Waals surface area contributed by atoms with Gasteiger partial charge in [0, 0.05) is 22.4 Å². The maximum Gasteiger partial charge on any atom is 0.182 e. The Morgan fingerprint density at radius 1 is 1.12 bits per heavy atom. The van der Waals surface area contributed by atoms with Gasteiger partial charge in [-0.15, -0.1) is 0 Å². The molecule has 0 radical (unpaired) electrons. The van der Waals surface area contributed by atoms with Gasteiger partial charge in [0.1, 0.15) is 0 Å². The van der Waals surface area contributed by atoms with E-state index in [4.69, 9.17) is 5.73 Å². The van der Waals surface area contributed by atoms with Gasteiger partial charge in [-0.1, -0.05) is 45.8 Å². The smallest absolute Gasteiger partial charge is 0.182 e. The van der Waals surface area contributed by atoms with Gasteiger partial charge in [-0.2, -0.15) is 0 Å². The molecule has 24 heavy (non-hydrogen) atoms. The highest BCUT2D eigenvalue weighted by Crippen LogP contribution is 2.63. The van der Waals surface area contributed by atoms with E-state index in [-0.39, 0.29) is 24.0 Å². The van der Waals surface area contributed by atoms with Crippen LogP contribution in [0.15, 0.2) is 57.9 Å². The SMILES string of the molecule is Cc1ccc(S(=O)(=O)[C@@H]2[C@H](c3ccc(Br)cc3)[C@]2(CN)CO)cc1. The van der Waals surface area contributed by atoms with Crippen molar-refractivity contribution in [3.63, 3.8) is 0 Å². The Morgan fingerprint density at radius 3 is 2.21 bits per heavy atom. The molecule has 2 aromatic carbocycles. The van der Waals surface area contributed by atoms with Crippen LogP contribution in [0.1, 0.15) is 17.0 Å². The van der Waals surface area contributed by atoms with Crippen molar-refractivity contribution in [3.8, 4) is 0 Å². The average Bonchev–Trinajstić information content (AvgIpc) is 3.26. The van der Waals surface area contributed by atoms with Crippen LogP contribution in [-0.4, -0.2) is 31.9 Å². The van der Waals surface area contributed by atoms with E-state index in [1.165, 1.54) is 0 Å². The van der Waals surface area contributed by atoms with Crippen LogP contribution in [0.3, 0.4) is 0 Å². The van der Waals surface area contributed by atoms with Crippen LogP contribution in [0, 0.1) is 12.3 Å². The third-order valence-corrected chi connectivity index (χ3v) is 7.84. The summed E-state index contributed by atoms with van der Waals surface area (Å²) >= 11 is 3.38. The number of aryl methyl sites for hydroxylation is 1. The first kappa shape index (κ1) is 17.6. The zero-order valence-electron chi connectivity index (χ0n) is 13.3. The fourth-order valence-electron chi connectivity index (χ4n) is 3.49. The van der Waals surface area contributed by atoms with Crippen molar-refractivity contribution in [2.24, 2.45) is 11.1 Å². The highest BCUT2D eigenvalue weighted by molar-refractivity contribution is 9.10.